The molecule has 4 rings (SSSR count). The Morgan fingerprint density at radius 2 is 1.49 bits per heavy atom. The number of alkyl halides is 3. The first-order chi connectivity index (χ1) is 17.0. The van der Waals surface area contributed by atoms with E-state index in [1.807, 2.05) is 42.5 Å². The molecule has 4 nitrogen and oxygen atoms in total. The highest BCUT2D eigenvalue weighted by atomic mass is 19.4. The number of rotatable bonds is 10. The molecule has 0 aromatic heterocycles. The fourth-order valence-electron chi connectivity index (χ4n) is 4.10. The number of piperidine rings is 1. The third-order valence-electron chi connectivity index (χ3n) is 6.04. The standard InChI is InChI=1S/C28H31F3N2O2/c29-28(30,31)23-11-15-25(16-12-23)35-27-8-3-2-7-26(27)32-21-22-9-13-24(14-10-22)34-20-6-19-33-17-4-1-5-18-33/h2-3,7-16,32H,1,4-6,17-21H2. The summed E-state index contributed by atoms with van der Waals surface area (Å²) in [5, 5.41) is 3.34. The van der Waals surface area contributed by atoms with E-state index in [9.17, 15) is 13.2 Å². The summed E-state index contributed by atoms with van der Waals surface area (Å²) in [6.45, 7) is 4.79. The number of nitrogens with one attached hydrogen (secondary N) is 1. The number of anilines is 1. The SMILES string of the molecule is FC(F)(F)c1ccc(Oc2ccccc2NCc2ccc(OCCCN3CCCCC3)cc2)cc1. The maximum atomic E-state index is 12.8. The van der Waals surface area contributed by atoms with Crippen molar-refractivity contribution in [3.8, 4) is 17.2 Å². The highest BCUT2D eigenvalue weighted by Crippen LogP contribution is 2.33. The predicted molar refractivity (Wildman–Crippen MR) is 132 cm³/mol. The quantitative estimate of drug-likeness (QED) is 0.305. The van der Waals surface area contributed by atoms with Crippen LogP contribution >= 0.6 is 0 Å². The molecule has 0 radical (unpaired) electrons. The molecule has 0 atom stereocenters. The third-order valence-corrected chi connectivity index (χ3v) is 6.04. The van der Waals surface area contributed by atoms with Crippen LogP contribution < -0.4 is 14.8 Å². The molecule has 1 N–H and O–H groups in total. The van der Waals surface area contributed by atoms with Gasteiger partial charge >= 0.3 is 6.18 Å². The zero-order chi connectivity index (χ0) is 24.5. The first-order valence-electron chi connectivity index (χ1n) is 12.1. The zero-order valence-electron chi connectivity index (χ0n) is 19.7. The van der Waals surface area contributed by atoms with Gasteiger partial charge in [-0.3, -0.25) is 0 Å². The van der Waals surface area contributed by atoms with Crippen LogP contribution in [-0.4, -0.2) is 31.1 Å². The maximum Gasteiger partial charge on any atom is 0.416 e. The molecule has 186 valence electrons. The topological polar surface area (TPSA) is 33.7 Å². The van der Waals surface area contributed by atoms with Crippen molar-refractivity contribution in [1.29, 1.82) is 0 Å². The molecule has 3 aromatic carbocycles. The summed E-state index contributed by atoms with van der Waals surface area (Å²) in [7, 11) is 0. The van der Waals surface area contributed by atoms with Gasteiger partial charge in [-0.2, -0.15) is 13.2 Å². The van der Waals surface area contributed by atoms with E-state index >= 15 is 0 Å². The van der Waals surface area contributed by atoms with Crippen molar-refractivity contribution in [1.82, 2.24) is 4.90 Å². The Labute approximate surface area is 204 Å². The van der Waals surface area contributed by atoms with Crippen molar-refractivity contribution in [3.05, 3.63) is 83.9 Å². The largest absolute Gasteiger partial charge is 0.494 e. The van der Waals surface area contributed by atoms with Gasteiger partial charge in [0.15, 0.2) is 5.75 Å². The van der Waals surface area contributed by atoms with Gasteiger partial charge in [0.2, 0.25) is 0 Å². The minimum Gasteiger partial charge on any atom is -0.494 e. The van der Waals surface area contributed by atoms with Crippen LogP contribution in [-0.2, 0) is 12.7 Å². The van der Waals surface area contributed by atoms with Crippen LogP contribution in [0.5, 0.6) is 17.2 Å². The first-order valence-corrected chi connectivity index (χ1v) is 12.1. The van der Waals surface area contributed by atoms with Crippen LogP contribution in [0.25, 0.3) is 0 Å². The number of hydrogen-bond acceptors (Lipinski definition) is 4. The Morgan fingerprint density at radius 1 is 0.800 bits per heavy atom. The molecule has 1 aliphatic heterocycles. The van der Waals surface area contributed by atoms with Crippen LogP contribution in [0.4, 0.5) is 18.9 Å². The average molecular weight is 485 g/mol. The molecule has 0 amide bonds. The Hall–Kier alpha value is -3.19. The summed E-state index contributed by atoms with van der Waals surface area (Å²) in [6.07, 6.45) is 0.626. The number of likely N-dealkylation sites (tertiary alicyclic amines) is 1. The van der Waals surface area contributed by atoms with E-state index < -0.39 is 11.7 Å². The van der Waals surface area contributed by atoms with Crippen molar-refractivity contribution in [2.75, 3.05) is 31.6 Å². The van der Waals surface area contributed by atoms with Crippen LogP contribution in [0.2, 0.25) is 0 Å². The third kappa shape index (κ3) is 7.65. The Balaban J connectivity index is 1.25. The van der Waals surface area contributed by atoms with Crippen LogP contribution in [0.15, 0.2) is 72.8 Å². The van der Waals surface area contributed by atoms with Crippen molar-refractivity contribution in [2.45, 2.75) is 38.4 Å². The number of nitrogens with zero attached hydrogens (tertiary/aromatic N) is 1. The van der Waals surface area contributed by atoms with Gasteiger partial charge in [0.25, 0.3) is 0 Å². The molecule has 0 unspecified atom stereocenters. The monoisotopic (exact) mass is 484 g/mol. The van der Waals surface area contributed by atoms with E-state index in [2.05, 4.69) is 10.2 Å². The van der Waals surface area contributed by atoms with Crippen molar-refractivity contribution in [2.24, 2.45) is 0 Å². The molecule has 0 aliphatic carbocycles. The van der Waals surface area contributed by atoms with Crippen molar-refractivity contribution in [3.63, 3.8) is 0 Å². The van der Waals surface area contributed by atoms with Gasteiger partial charge < -0.3 is 19.7 Å². The molecule has 1 heterocycles. The molecule has 7 heteroatoms. The summed E-state index contributed by atoms with van der Waals surface area (Å²) in [4.78, 5) is 2.51. The van der Waals surface area contributed by atoms with Gasteiger partial charge in [-0.15, -0.1) is 0 Å². The molecule has 0 bridgehead atoms. The van der Waals surface area contributed by atoms with E-state index in [4.69, 9.17) is 9.47 Å². The van der Waals surface area contributed by atoms with Gasteiger partial charge in [0.1, 0.15) is 11.5 Å². The highest BCUT2D eigenvalue weighted by molar-refractivity contribution is 5.57. The van der Waals surface area contributed by atoms with Crippen LogP contribution in [0.1, 0.15) is 36.8 Å². The van der Waals surface area contributed by atoms with E-state index in [-0.39, 0.29) is 0 Å². The zero-order valence-corrected chi connectivity index (χ0v) is 19.7. The highest BCUT2D eigenvalue weighted by Gasteiger charge is 2.30. The second kappa shape index (κ2) is 12.0. The average Bonchev–Trinajstić information content (AvgIpc) is 2.87. The van der Waals surface area contributed by atoms with E-state index in [1.54, 1.807) is 6.07 Å². The summed E-state index contributed by atoms with van der Waals surface area (Å²) < 4.78 is 50.1. The molecule has 35 heavy (non-hydrogen) atoms. The van der Waals surface area contributed by atoms with Gasteiger partial charge in [0.05, 0.1) is 17.9 Å². The maximum absolute atomic E-state index is 12.8. The lowest BCUT2D eigenvalue weighted by atomic mass is 10.1. The lowest BCUT2D eigenvalue weighted by Gasteiger charge is -2.26. The number of para-hydroxylation sites is 2. The number of hydrogen-bond donors (Lipinski definition) is 1. The lowest BCUT2D eigenvalue weighted by Crippen LogP contribution is -2.31. The molecular formula is C28H31F3N2O2. The lowest BCUT2D eigenvalue weighted by molar-refractivity contribution is -0.137. The first kappa shape index (κ1) is 24.9. The molecule has 1 fully saturated rings. The molecule has 0 spiro atoms. The second-order valence-corrected chi connectivity index (χ2v) is 8.72. The van der Waals surface area contributed by atoms with Gasteiger partial charge in [-0.1, -0.05) is 30.7 Å². The minimum absolute atomic E-state index is 0.342. The summed E-state index contributed by atoms with van der Waals surface area (Å²) in [5.41, 5.74) is 1.13. The fraction of sp³-hybridized carbons (Fsp3) is 0.357. The van der Waals surface area contributed by atoms with E-state index in [0.717, 1.165) is 42.1 Å². The fourth-order valence-corrected chi connectivity index (χ4v) is 4.10. The number of benzene rings is 3. The number of ether oxygens (including phenoxy) is 2. The van der Waals surface area contributed by atoms with E-state index in [0.29, 0.717) is 24.7 Å². The Kier molecular flexibility index (Phi) is 8.53. The molecular weight excluding hydrogens is 453 g/mol. The van der Waals surface area contributed by atoms with Crippen LogP contribution in [0.3, 0.4) is 0 Å². The molecule has 1 aliphatic rings. The Morgan fingerprint density at radius 3 is 2.20 bits per heavy atom. The molecule has 3 aromatic rings. The predicted octanol–water partition coefficient (Wildman–Crippen LogP) is 7.36. The Bertz CT molecular complexity index is 1050. The smallest absolute Gasteiger partial charge is 0.416 e. The summed E-state index contributed by atoms with van der Waals surface area (Å²) in [6, 6.07) is 20.0. The summed E-state index contributed by atoms with van der Waals surface area (Å²) in [5.74, 6) is 1.74. The van der Waals surface area contributed by atoms with Crippen molar-refractivity contribution < 1.29 is 22.6 Å². The van der Waals surface area contributed by atoms with Crippen molar-refractivity contribution >= 4 is 5.69 Å². The normalized spacial score (nSPS) is 14.5. The van der Waals surface area contributed by atoms with E-state index in [1.165, 1.54) is 44.5 Å². The molecule has 0 saturated carbocycles. The van der Waals surface area contributed by atoms with Gasteiger partial charge in [-0.25, -0.2) is 0 Å². The second-order valence-electron chi connectivity index (χ2n) is 8.72. The van der Waals surface area contributed by atoms with Gasteiger partial charge in [0, 0.05) is 13.1 Å². The molecule has 1 saturated heterocycles. The summed E-state index contributed by atoms with van der Waals surface area (Å²) >= 11 is 0. The minimum atomic E-state index is -4.37. The number of halogens is 3. The van der Waals surface area contributed by atoms with Crippen LogP contribution in [0, 0.1) is 0 Å². The van der Waals surface area contributed by atoms with Gasteiger partial charge in [-0.05, 0) is 86.4 Å².